The summed E-state index contributed by atoms with van der Waals surface area (Å²) < 4.78 is 2.37. The van der Waals surface area contributed by atoms with Crippen LogP contribution in [0.25, 0.3) is 16.7 Å². The van der Waals surface area contributed by atoms with E-state index in [-0.39, 0.29) is 10.8 Å². The maximum atomic E-state index is 12.0. The van der Waals surface area contributed by atoms with Gasteiger partial charge in [0.05, 0.1) is 11.0 Å². The molecule has 4 unspecified atom stereocenters. The summed E-state index contributed by atoms with van der Waals surface area (Å²) in [6.07, 6.45) is 14.5. The van der Waals surface area contributed by atoms with Gasteiger partial charge in [-0.15, -0.1) is 0 Å². The zero-order valence-corrected chi connectivity index (χ0v) is 19.5. The van der Waals surface area contributed by atoms with Crippen molar-refractivity contribution in [3.63, 3.8) is 0 Å². The third-order valence-electron chi connectivity index (χ3n) is 9.21. The van der Waals surface area contributed by atoms with Gasteiger partial charge in [-0.25, -0.2) is 4.98 Å². The van der Waals surface area contributed by atoms with Crippen LogP contribution in [0.2, 0.25) is 0 Å². The van der Waals surface area contributed by atoms with E-state index in [0.717, 1.165) is 36.6 Å². The van der Waals surface area contributed by atoms with E-state index in [4.69, 9.17) is 0 Å². The lowest BCUT2D eigenvalue weighted by Gasteiger charge is -2.57. The second-order valence-electron chi connectivity index (χ2n) is 10.4. The lowest BCUT2D eigenvalue weighted by molar-refractivity contribution is -0.117. The minimum absolute atomic E-state index is 0.229. The monoisotopic (exact) mass is 416 g/mol. The summed E-state index contributed by atoms with van der Waals surface area (Å²) in [7, 11) is 0. The fourth-order valence-corrected chi connectivity index (χ4v) is 7.63. The van der Waals surface area contributed by atoms with Crippen molar-refractivity contribution in [1.82, 2.24) is 9.55 Å². The summed E-state index contributed by atoms with van der Waals surface area (Å²) in [4.78, 5) is 16.7. The smallest absolute Gasteiger partial charge is 0.155 e. The van der Waals surface area contributed by atoms with Crippen molar-refractivity contribution in [1.29, 1.82) is 0 Å². The highest BCUT2D eigenvalue weighted by atomic mass is 16.1. The van der Waals surface area contributed by atoms with Crippen LogP contribution in [0, 0.1) is 28.6 Å². The van der Waals surface area contributed by atoms with E-state index in [2.05, 4.69) is 53.7 Å². The average molecular weight is 417 g/mol. The van der Waals surface area contributed by atoms with Gasteiger partial charge in [-0.2, -0.15) is 0 Å². The molecule has 0 saturated heterocycles. The summed E-state index contributed by atoms with van der Waals surface area (Å²) in [5.74, 6) is 2.58. The molecule has 0 spiro atoms. The van der Waals surface area contributed by atoms with Gasteiger partial charge in [-0.3, -0.25) is 4.79 Å². The molecular formula is C28H36N2O. The lowest BCUT2D eigenvalue weighted by Crippen LogP contribution is -2.50. The second kappa shape index (κ2) is 7.46. The van der Waals surface area contributed by atoms with Crippen molar-refractivity contribution in [3.8, 4) is 0 Å². The number of para-hydroxylation sites is 2. The Hall–Kier alpha value is -2.16. The Morgan fingerprint density at radius 2 is 1.81 bits per heavy atom. The normalized spacial score (nSPS) is 36.5. The van der Waals surface area contributed by atoms with Crippen LogP contribution in [0.5, 0.6) is 0 Å². The van der Waals surface area contributed by atoms with Gasteiger partial charge in [0.1, 0.15) is 6.33 Å². The molecule has 0 amide bonds. The first-order valence-electron chi connectivity index (χ1n) is 12.4. The highest BCUT2D eigenvalue weighted by Gasteiger charge is 2.57. The maximum absolute atomic E-state index is 12.0. The first kappa shape index (κ1) is 20.7. The van der Waals surface area contributed by atoms with Crippen molar-refractivity contribution in [2.24, 2.45) is 28.6 Å². The van der Waals surface area contributed by atoms with E-state index in [9.17, 15) is 4.79 Å². The van der Waals surface area contributed by atoms with Gasteiger partial charge >= 0.3 is 0 Å². The number of aromatic nitrogens is 2. The van der Waals surface area contributed by atoms with Gasteiger partial charge in [0.2, 0.25) is 0 Å². The van der Waals surface area contributed by atoms with Crippen LogP contribution in [-0.4, -0.2) is 15.3 Å². The number of ketones is 1. The average Bonchev–Trinajstić information content (AvgIpc) is 3.36. The summed E-state index contributed by atoms with van der Waals surface area (Å²) in [6, 6.07) is 8.50. The van der Waals surface area contributed by atoms with Crippen molar-refractivity contribution in [3.05, 3.63) is 48.3 Å². The van der Waals surface area contributed by atoms with Gasteiger partial charge in [0, 0.05) is 17.5 Å². The number of rotatable bonds is 1. The lowest BCUT2D eigenvalue weighted by atomic mass is 9.47. The molecule has 0 radical (unpaired) electrons. The fourth-order valence-electron chi connectivity index (χ4n) is 7.63. The molecule has 1 aromatic carbocycles. The molecule has 5 atom stereocenters. The van der Waals surface area contributed by atoms with Crippen molar-refractivity contribution >= 4 is 22.5 Å². The molecule has 4 aliphatic carbocycles. The fraction of sp³-hybridized carbons (Fsp3) is 0.571. The van der Waals surface area contributed by atoms with Crippen LogP contribution < -0.4 is 0 Å². The second-order valence-corrected chi connectivity index (χ2v) is 10.4. The molecule has 31 heavy (non-hydrogen) atoms. The Morgan fingerprint density at radius 3 is 2.65 bits per heavy atom. The molecule has 3 nitrogen and oxygen atoms in total. The van der Waals surface area contributed by atoms with Crippen LogP contribution in [-0.2, 0) is 4.79 Å². The number of imidazole rings is 1. The molecule has 1 aromatic heterocycles. The van der Waals surface area contributed by atoms with Gasteiger partial charge in [-0.05, 0) is 79.9 Å². The van der Waals surface area contributed by atoms with E-state index >= 15 is 0 Å². The van der Waals surface area contributed by atoms with Gasteiger partial charge < -0.3 is 4.57 Å². The molecule has 2 aromatic rings. The highest BCUT2D eigenvalue weighted by molar-refractivity contribution is 5.91. The maximum Gasteiger partial charge on any atom is 0.155 e. The van der Waals surface area contributed by atoms with Crippen molar-refractivity contribution in [2.75, 3.05) is 0 Å². The first-order valence-corrected chi connectivity index (χ1v) is 12.4. The van der Waals surface area contributed by atoms with E-state index in [1.165, 1.54) is 42.5 Å². The summed E-state index contributed by atoms with van der Waals surface area (Å²) in [5, 5.41) is 0. The number of fused-ring (bicyclic) bond motifs is 6. The minimum Gasteiger partial charge on any atom is -0.302 e. The number of hydrogen-bond acceptors (Lipinski definition) is 2. The van der Waals surface area contributed by atoms with Gasteiger partial charge in [-0.1, -0.05) is 51.5 Å². The Balaban J connectivity index is 0.000000994. The highest BCUT2D eigenvalue weighted by Crippen LogP contribution is 2.66. The molecule has 164 valence electrons. The van der Waals surface area contributed by atoms with Crippen LogP contribution in [0.15, 0.2) is 48.3 Å². The number of carbonyl (C=O) groups is 1. The predicted molar refractivity (Wildman–Crippen MR) is 127 cm³/mol. The van der Waals surface area contributed by atoms with Crippen molar-refractivity contribution < 1.29 is 4.79 Å². The molecule has 6 rings (SSSR count). The largest absolute Gasteiger partial charge is 0.302 e. The molecule has 2 saturated carbocycles. The zero-order valence-electron chi connectivity index (χ0n) is 19.5. The van der Waals surface area contributed by atoms with Gasteiger partial charge in [0.25, 0.3) is 0 Å². The van der Waals surface area contributed by atoms with E-state index in [0.29, 0.717) is 11.7 Å². The molecule has 3 heteroatoms. The zero-order chi connectivity index (χ0) is 21.8. The summed E-state index contributed by atoms with van der Waals surface area (Å²) >= 11 is 0. The third-order valence-corrected chi connectivity index (χ3v) is 9.21. The number of allylic oxidation sites excluding steroid dienone is 4. The van der Waals surface area contributed by atoms with Crippen LogP contribution >= 0.6 is 0 Å². The molecule has 0 aliphatic heterocycles. The SMILES string of the molecule is CC.CC12CCC(=O)C=C1CCC1C2CC[C@]2(C)C(n3cnc4ccccc43)=CCC12. The minimum atomic E-state index is 0.229. The van der Waals surface area contributed by atoms with E-state index in [1.54, 1.807) is 0 Å². The number of carbonyl (C=O) groups excluding carboxylic acids is 1. The standard InChI is InChI=1S/C26H30N2O.C2H6/c1-25-13-11-18(29)15-17(25)7-8-19-20-9-10-24(26(20,2)14-12-21(19)25)28-16-27-22-5-3-4-6-23(22)28;1-2/h3-6,10,15-16,19-21H,7-9,11-14H2,1-2H3;1-2H3/t19?,20?,21?,25?,26-;/m0./s1. The summed E-state index contributed by atoms with van der Waals surface area (Å²) in [5.41, 5.74) is 5.73. The quantitative estimate of drug-likeness (QED) is 0.499. The Kier molecular flexibility index (Phi) is 4.99. The molecule has 1 heterocycles. The molecule has 0 bridgehead atoms. The molecule has 2 fully saturated rings. The first-order chi connectivity index (χ1) is 15.0. The molecule has 0 N–H and O–H groups in total. The predicted octanol–water partition coefficient (Wildman–Crippen LogP) is 7.05. The van der Waals surface area contributed by atoms with E-state index in [1.807, 2.05) is 26.3 Å². The van der Waals surface area contributed by atoms with Crippen molar-refractivity contribution in [2.45, 2.75) is 72.6 Å². The molecular weight excluding hydrogens is 380 g/mol. The van der Waals surface area contributed by atoms with E-state index < -0.39 is 0 Å². The Labute approximate surface area is 186 Å². The molecule has 4 aliphatic rings. The Morgan fingerprint density at radius 1 is 1.00 bits per heavy atom. The van der Waals surface area contributed by atoms with Crippen LogP contribution in [0.3, 0.4) is 0 Å². The van der Waals surface area contributed by atoms with Crippen LogP contribution in [0.4, 0.5) is 0 Å². The topological polar surface area (TPSA) is 34.9 Å². The third kappa shape index (κ3) is 2.92. The Bertz CT molecular complexity index is 1080. The number of nitrogens with zero attached hydrogens (tertiary/aromatic N) is 2. The number of hydrogen-bond donors (Lipinski definition) is 0. The van der Waals surface area contributed by atoms with Crippen LogP contribution in [0.1, 0.15) is 72.6 Å². The van der Waals surface area contributed by atoms with Gasteiger partial charge in [0.15, 0.2) is 5.78 Å². The number of benzene rings is 1. The summed E-state index contributed by atoms with van der Waals surface area (Å²) in [6.45, 7) is 8.98.